The molecule has 23 heavy (non-hydrogen) atoms. The third kappa shape index (κ3) is 3.16. The van der Waals surface area contributed by atoms with Crippen LogP contribution in [0.3, 0.4) is 0 Å². The largest absolute Gasteiger partial charge is 0.481 e. The lowest BCUT2D eigenvalue weighted by atomic mass is 10.2. The minimum atomic E-state index is -0.360. The van der Waals surface area contributed by atoms with Crippen molar-refractivity contribution in [2.24, 2.45) is 0 Å². The molecule has 7 heteroatoms. The molecule has 0 radical (unpaired) electrons. The van der Waals surface area contributed by atoms with Crippen molar-refractivity contribution in [3.63, 3.8) is 0 Å². The summed E-state index contributed by atoms with van der Waals surface area (Å²) in [7, 11) is 1.57. The first-order valence-corrected chi connectivity index (χ1v) is 7.27. The smallest absolute Gasteiger partial charge is 0.218 e. The van der Waals surface area contributed by atoms with Crippen molar-refractivity contribution in [3.05, 3.63) is 42.0 Å². The molecule has 1 aliphatic rings. The molecular weight excluding hydrogens is 297 g/mol. The highest BCUT2D eigenvalue weighted by atomic mass is 19.1. The fraction of sp³-hybridized carbons (Fsp3) is 0.312. The summed E-state index contributed by atoms with van der Waals surface area (Å²) in [6.45, 7) is 2.80. The number of halogens is 1. The van der Waals surface area contributed by atoms with E-state index in [1.54, 1.807) is 25.3 Å². The highest BCUT2D eigenvalue weighted by Crippen LogP contribution is 2.23. The summed E-state index contributed by atoms with van der Waals surface area (Å²) in [5.41, 5.74) is 0.863. The summed E-state index contributed by atoms with van der Waals surface area (Å²) in [5, 5.41) is 8.81. The van der Waals surface area contributed by atoms with E-state index in [2.05, 4.69) is 14.9 Å². The first-order valence-electron chi connectivity index (χ1n) is 7.27. The average molecular weight is 313 g/mol. The van der Waals surface area contributed by atoms with Gasteiger partial charge < -0.3 is 14.5 Å². The highest BCUT2D eigenvalue weighted by molar-refractivity contribution is 5.53. The molecule has 0 N–H and O–H groups in total. The van der Waals surface area contributed by atoms with Gasteiger partial charge in [0.05, 0.1) is 24.4 Å². The molecule has 1 fully saturated rings. The maximum atomic E-state index is 14.1. The standard InChI is InChI=1S/C16H16FN5O/c1-23-16-9-15(19-11-20-16)22-6-4-21(5-7-22)14-3-2-12(10-18)8-13(14)17/h2-3,8-9,11H,4-7H2,1H3. The van der Waals surface area contributed by atoms with Crippen LogP contribution in [0.15, 0.2) is 30.6 Å². The molecule has 0 saturated carbocycles. The Bertz CT molecular complexity index is 737. The SMILES string of the molecule is COc1cc(N2CCN(c3ccc(C#N)cc3F)CC2)ncn1. The van der Waals surface area contributed by atoms with Gasteiger partial charge in [-0.2, -0.15) is 5.26 Å². The van der Waals surface area contributed by atoms with Gasteiger partial charge in [0.2, 0.25) is 5.88 Å². The molecule has 118 valence electrons. The fourth-order valence-corrected chi connectivity index (χ4v) is 2.62. The van der Waals surface area contributed by atoms with E-state index in [4.69, 9.17) is 10.00 Å². The number of ether oxygens (including phenoxy) is 1. The van der Waals surface area contributed by atoms with Crippen molar-refractivity contribution in [2.75, 3.05) is 43.1 Å². The van der Waals surface area contributed by atoms with Crippen LogP contribution in [0.2, 0.25) is 0 Å². The van der Waals surface area contributed by atoms with Gasteiger partial charge in [0.15, 0.2) is 0 Å². The summed E-state index contributed by atoms with van der Waals surface area (Å²) in [4.78, 5) is 12.3. The van der Waals surface area contributed by atoms with Crippen molar-refractivity contribution in [1.82, 2.24) is 9.97 Å². The van der Waals surface area contributed by atoms with Gasteiger partial charge in [-0.05, 0) is 18.2 Å². The van der Waals surface area contributed by atoms with Gasteiger partial charge >= 0.3 is 0 Å². The van der Waals surface area contributed by atoms with Gasteiger partial charge in [0, 0.05) is 32.2 Å². The molecule has 1 aromatic carbocycles. The van der Waals surface area contributed by atoms with Gasteiger partial charge in [-0.15, -0.1) is 0 Å². The Hall–Kier alpha value is -2.88. The molecule has 2 heterocycles. The van der Waals surface area contributed by atoms with Crippen molar-refractivity contribution in [1.29, 1.82) is 5.26 Å². The van der Waals surface area contributed by atoms with Crippen molar-refractivity contribution in [3.8, 4) is 11.9 Å². The highest BCUT2D eigenvalue weighted by Gasteiger charge is 2.21. The molecule has 0 spiro atoms. The van der Waals surface area contributed by atoms with Gasteiger partial charge in [-0.3, -0.25) is 0 Å². The van der Waals surface area contributed by atoms with Crippen LogP contribution in [-0.4, -0.2) is 43.3 Å². The number of hydrogen-bond acceptors (Lipinski definition) is 6. The maximum absolute atomic E-state index is 14.1. The first-order chi connectivity index (χ1) is 11.2. The first kappa shape index (κ1) is 15.0. The quantitative estimate of drug-likeness (QED) is 0.861. The Morgan fingerprint density at radius 1 is 1.13 bits per heavy atom. The Morgan fingerprint density at radius 3 is 2.52 bits per heavy atom. The summed E-state index contributed by atoms with van der Waals surface area (Å²) in [6.07, 6.45) is 1.47. The van der Waals surface area contributed by atoms with Crippen molar-refractivity contribution < 1.29 is 9.13 Å². The summed E-state index contributed by atoms with van der Waals surface area (Å²) in [6, 6.07) is 8.31. The topological polar surface area (TPSA) is 65.3 Å². The maximum Gasteiger partial charge on any atom is 0.218 e. The van der Waals surface area contributed by atoms with E-state index in [0.717, 1.165) is 18.9 Å². The number of aromatic nitrogens is 2. The minimum absolute atomic E-state index is 0.331. The van der Waals surface area contributed by atoms with E-state index in [1.165, 1.54) is 12.4 Å². The molecule has 0 aliphatic carbocycles. The number of hydrogen-bond donors (Lipinski definition) is 0. The van der Waals surface area contributed by atoms with E-state index in [0.29, 0.717) is 30.2 Å². The van der Waals surface area contributed by atoms with Gasteiger partial charge in [-0.25, -0.2) is 14.4 Å². The van der Waals surface area contributed by atoms with Crippen LogP contribution in [0.5, 0.6) is 5.88 Å². The van der Waals surface area contributed by atoms with E-state index >= 15 is 0 Å². The monoisotopic (exact) mass is 313 g/mol. The van der Waals surface area contributed by atoms with Crippen LogP contribution >= 0.6 is 0 Å². The molecule has 3 rings (SSSR count). The Balaban J connectivity index is 1.70. The normalized spacial score (nSPS) is 14.5. The molecule has 0 amide bonds. The molecule has 1 aromatic heterocycles. The third-order valence-electron chi connectivity index (χ3n) is 3.86. The van der Waals surface area contributed by atoms with Crippen molar-refractivity contribution in [2.45, 2.75) is 0 Å². The van der Waals surface area contributed by atoms with Crippen LogP contribution in [0.4, 0.5) is 15.9 Å². The van der Waals surface area contributed by atoms with Gasteiger partial charge in [-0.1, -0.05) is 0 Å². The Morgan fingerprint density at radius 2 is 1.87 bits per heavy atom. The molecule has 1 aliphatic heterocycles. The molecular formula is C16H16FN5O. The average Bonchev–Trinajstić information content (AvgIpc) is 2.62. The van der Waals surface area contributed by atoms with E-state index in [1.807, 2.05) is 11.0 Å². The van der Waals surface area contributed by atoms with Crippen LogP contribution in [0.1, 0.15) is 5.56 Å². The Labute approximate surface area is 133 Å². The molecule has 0 atom stereocenters. The van der Waals surface area contributed by atoms with Crippen LogP contribution in [0.25, 0.3) is 0 Å². The van der Waals surface area contributed by atoms with Crippen LogP contribution in [0, 0.1) is 17.1 Å². The number of benzene rings is 1. The van der Waals surface area contributed by atoms with E-state index in [-0.39, 0.29) is 5.82 Å². The fourth-order valence-electron chi connectivity index (χ4n) is 2.62. The number of nitrogens with zero attached hydrogens (tertiary/aromatic N) is 5. The second-order valence-electron chi connectivity index (χ2n) is 5.17. The number of anilines is 2. The predicted octanol–water partition coefficient (Wildman–Crippen LogP) is 1.82. The summed E-state index contributed by atoms with van der Waals surface area (Å²) >= 11 is 0. The molecule has 1 saturated heterocycles. The lowest BCUT2D eigenvalue weighted by Gasteiger charge is -2.36. The molecule has 0 bridgehead atoms. The van der Waals surface area contributed by atoms with Crippen LogP contribution < -0.4 is 14.5 Å². The molecule has 6 nitrogen and oxygen atoms in total. The summed E-state index contributed by atoms with van der Waals surface area (Å²) < 4.78 is 19.2. The molecule has 0 unspecified atom stereocenters. The number of piperazine rings is 1. The minimum Gasteiger partial charge on any atom is -0.481 e. The van der Waals surface area contributed by atoms with Crippen molar-refractivity contribution >= 4 is 11.5 Å². The number of methoxy groups -OCH3 is 1. The summed E-state index contributed by atoms with van der Waals surface area (Å²) in [5.74, 6) is 0.966. The Kier molecular flexibility index (Phi) is 4.24. The second-order valence-corrected chi connectivity index (χ2v) is 5.17. The van der Waals surface area contributed by atoms with E-state index < -0.39 is 0 Å². The predicted molar refractivity (Wildman–Crippen MR) is 84.1 cm³/mol. The number of rotatable bonds is 3. The zero-order valence-electron chi connectivity index (χ0n) is 12.7. The zero-order chi connectivity index (χ0) is 16.2. The molecule has 2 aromatic rings. The third-order valence-corrected chi connectivity index (χ3v) is 3.86. The van der Waals surface area contributed by atoms with Gasteiger partial charge in [0.1, 0.15) is 18.0 Å². The number of nitriles is 1. The second kappa shape index (κ2) is 6.48. The lowest BCUT2D eigenvalue weighted by molar-refractivity contribution is 0.396. The van der Waals surface area contributed by atoms with E-state index in [9.17, 15) is 4.39 Å². The zero-order valence-corrected chi connectivity index (χ0v) is 12.7. The van der Waals surface area contributed by atoms with Gasteiger partial charge in [0.25, 0.3) is 0 Å². The lowest BCUT2D eigenvalue weighted by Crippen LogP contribution is -2.47. The van der Waals surface area contributed by atoms with Crippen LogP contribution in [-0.2, 0) is 0 Å².